The van der Waals surface area contributed by atoms with E-state index in [-0.39, 0.29) is 36.1 Å². The van der Waals surface area contributed by atoms with E-state index >= 15 is 0 Å². The van der Waals surface area contributed by atoms with Crippen LogP contribution in [0.1, 0.15) is 49.6 Å². The van der Waals surface area contributed by atoms with Crippen molar-refractivity contribution in [2.75, 3.05) is 26.2 Å². The highest BCUT2D eigenvalue weighted by Crippen LogP contribution is 2.35. The highest BCUT2D eigenvalue weighted by molar-refractivity contribution is 7.10. The van der Waals surface area contributed by atoms with Gasteiger partial charge in [-0.25, -0.2) is 4.39 Å². The molecule has 2 heterocycles. The van der Waals surface area contributed by atoms with E-state index in [1.54, 1.807) is 28.4 Å². The van der Waals surface area contributed by atoms with Gasteiger partial charge in [0.15, 0.2) is 0 Å². The van der Waals surface area contributed by atoms with Gasteiger partial charge >= 0.3 is 0 Å². The summed E-state index contributed by atoms with van der Waals surface area (Å²) in [4.78, 5) is 31.2. The van der Waals surface area contributed by atoms with E-state index in [0.717, 1.165) is 31.2 Å². The summed E-state index contributed by atoms with van der Waals surface area (Å²) in [5, 5.41) is 2.05. The van der Waals surface area contributed by atoms with Crippen molar-refractivity contribution in [3.05, 3.63) is 52.0 Å². The Labute approximate surface area is 193 Å². The largest absolute Gasteiger partial charge is 0.491 e. The standard InChI is InChI=1S/C25H31FN2O3S/c1-3-17(2)14-27(25(30)18-4-5-18)15-24(29)28-12-10-23-21(11-13-32-23)22(28)16-31-20-8-6-19(26)7-9-20/h6-9,11,13,17-18,22H,3-5,10,12,14-16H2,1-2H3/t17-,22+/m1/s1. The fourth-order valence-corrected chi connectivity index (χ4v) is 5.09. The number of thiophene rings is 1. The molecule has 2 aromatic rings. The number of rotatable bonds is 9. The summed E-state index contributed by atoms with van der Waals surface area (Å²) in [5.74, 6) is 0.789. The average Bonchev–Trinajstić information content (AvgIpc) is 3.53. The van der Waals surface area contributed by atoms with E-state index in [2.05, 4.69) is 25.3 Å². The minimum Gasteiger partial charge on any atom is -0.491 e. The van der Waals surface area contributed by atoms with Crippen molar-refractivity contribution in [2.24, 2.45) is 11.8 Å². The molecule has 1 saturated carbocycles. The van der Waals surface area contributed by atoms with Gasteiger partial charge in [0.05, 0.1) is 12.6 Å². The Hall–Kier alpha value is -2.41. The van der Waals surface area contributed by atoms with Crippen LogP contribution >= 0.6 is 11.3 Å². The van der Waals surface area contributed by atoms with E-state index in [0.29, 0.717) is 31.4 Å². The van der Waals surface area contributed by atoms with E-state index in [4.69, 9.17) is 4.74 Å². The zero-order valence-corrected chi connectivity index (χ0v) is 19.6. The van der Waals surface area contributed by atoms with Crippen molar-refractivity contribution in [3.8, 4) is 5.75 Å². The van der Waals surface area contributed by atoms with Crippen LogP contribution in [0.25, 0.3) is 0 Å². The summed E-state index contributed by atoms with van der Waals surface area (Å²) < 4.78 is 19.2. The van der Waals surface area contributed by atoms with Gasteiger partial charge in [0.2, 0.25) is 11.8 Å². The van der Waals surface area contributed by atoms with Gasteiger partial charge in [-0.15, -0.1) is 11.3 Å². The molecule has 0 bridgehead atoms. The minimum absolute atomic E-state index is 0.0353. The lowest BCUT2D eigenvalue weighted by atomic mass is 10.00. The van der Waals surface area contributed by atoms with Crippen molar-refractivity contribution >= 4 is 23.2 Å². The number of benzene rings is 1. The second kappa shape index (κ2) is 10.0. The number of ether oxygens (including phenoxy) is 1. The average molecular weight is 459 g/mol. The van der Waals surface area contributed by atoms with E-state index in [1.165, 1.54) is 17.0 Å². The maximum Gasteiger partial charge on any atom is 0.242 e. The van der Waals surface area contributed by atoms with Crippen molar-refractivity contribution in [3.63, 3.8) is 0 Å². The molecular formula is C25H31FN2O3S. The first-order chi connectivity index (χ1) is 15.5. The Morgan fingerprint density at radius 2 is 2.00 bits per heavy atom. The molecule has 5 nitrogen and oxygen atoms in total. The molecule has 32 heavy (non-hydrogen) atoms. The molecule has 0 radical (unpaired) electrons. The van der Waals surface area contributed by atoms with Crippen LogP contribution in [-0.2, 0) is 16.0 Å². The first kappa shape index (κ1) is 22.8. The number of hydrogen-bond donors (Lipinski definition) is 0. The number of hydrogen-bond acceptors (Lipinski definition) is 4. The van der Waals surface area contributed by atoms with Crippen LogP contribution in [0, 0.1) is 17.7 Å². The Morgan fingerprint density at radius 1 is 1.25 bits per heavy atom. The quantitative estimate of drug-likeness (QED) is 0.548. The lowest BCUT2D eigenvalue weighted by molar-refractivity contribution is -0.143. The monoisotopic (exact) mass is 458 g/mol. The number of carbonyl (C=O) groups is 2. The van der Waals surface area contributed by atoms with Crippen LogP contribution in [0.4, 0.5) is 4.39 Å². The number of fused-ring (bicyclic) bond motifs is 1. The highest BCUT2D eigenvalue weighted by atomic mass is 32.1. The molecule has 1 aliphatic carbocycles. The lowest BCUT2D eigenvalue weighted by Gasteiger charge is -2.37. The molecule has 0 saturated heterocycles. The predicted molar refractivity (Wildman–Crippen MR) is 123 cm³/mol. The minimum atomic E-state index is -0.311. The molecule has 0 N–H and O–H groups in total. The van der Waals surface area contributed by atoms with Crippen molar-refractivity contribution in [1.82, 2.24) is 9.80 Å². The van der Waals surface area contributed by atoms with Gasteiger partial charge in [0.25, 0.3) is 0 Å². The van der Waals surface area contributed by atoms with Crippen LogP contribution in [-0.4, -0.2) is 47.9 Å². The third-order valence-electron chi connectivity index (χ3n) is 6.43. The molecule has 1 aromatic carbocycles. The summed E-state index contributed by atoms with van der Waals surface area (Å²) >= 11 is 1.70. The van der Waals surface area contributed by atoms with Gasteiger partial charge in [-0.3, -0.25) is 9.59 Å². The molecular weight excluding hydrogens is 427 g/mol. The van der Waals surface area contributed by atoms with Gasteiger partial charge < -0.3 is 14.5 Å². The van der Waals surface area contributed by atoms with E-state index in [1.807, 2.05) is 4.90 Å². The predicted octanol–water partition coefficient (Wildman–Crippen LogP) is 4.68. The van der Waals surface area contributed by atoms with Crippen LogP contribution in [0.15, 0.2) is 35.7 Å². The summed E-state index contributed by atoms with van der Waals surface area (Å²) in [7, 11) is 0. The van der Waals surface area contributed by atoms with E-state index in [9.17, 15) is 14.0 Å². The van der Waals surface area contributed by atoms with Crippen LogP contribution in [0.3, 0.4) is 0 Å². The third-order valence-corrected chi connectivity index (χ3v) is 7.43. The summed E-state index contributed by atoms with van der Waals surface area (Å²) in [6.45, 7) is 5.87. The van der Waals surface area contributed by atoms with Crippen LogP contribution in [0.5, 0.6) is 5.75 Å². The Kier molecular flexibility index (Phi) is 7.13. The zero-order chi connectivity index (χ0) is 22.7. The molecule has 0 spiro atoms. The summed E-state index contributed by atoms with van der Waals surface area (Å²) in [6, 6.07) is 7.77. The maximum atomic E-state index is 13.5. The number of nitrogens with zero attached hydrogens (tertiary/aromatic N) is 2. The van der Waals surface area contributed by atoms with Gasteiger partial charge in [0.1, 0.15) is 18.2 Å². The van der Waals surface area contributed by atoms with Crippen LogP contribution < -0.4 is 4.74 Å². The third kappa shape index (κ3) is 5.31. The first-order valence-electron chi connectivity index (χ1n) is 11.5. The fourth-order valence-electron chi connectivity index (χ4n) is 4.16. The molecule has 2 aliphatic rings. The number of halogens is 1. The van der Waals surface area contributed by atoms with E-state index < -0.39 is 0 Å². The van der Waals surface area contributed by atoms with Crippen molar-refractivity contribution in [1.29, 1.82) is 0 Å². The Balaban J connectivity index is 1.49. The normalized spacial score (nSPS) is 18.7. The smallest absolute Gasteiger partial charge is 0.242 e. The number of carbonyl (C=O) groups excluding carboxylic acids is 2. The molecule has 0 unspecified atom stereocenters. The SMILES string of the molecule is CC[C@@H](C)CN(CC(=O)N1CCc2sccc2[C@@H]1COc1ccc(F)cc1)C(=O)C1CC1. The molecule has 2 atom stereocenters. The molecule has 2 amide bonds. The highest BCUT2D eigenvalue weighted by Gasteiger charge is 2.37. The Bertz CT molecular complexity index is 941. The zero-order valence-electron chi connectivity index (χ0n) is 18.8. The second-order valence-electron chi connectivity index (χ2n) is 8.92. The molecule has 7 heteroatoms. The van der Waals surface area contributed by atoms with Crippen LogP contribution in [0.2, 0.25) is 0 Å². The van der Waals surface area contributed by atoms with Gasteiger partial charge in [-0.05, 0) is 66.5 Å². The van der Waals surface area contributed by atoms with Gasteiger partial charge in [-0.2, -0.15) is 0 Å². The fraction of sp³-hybridized carbons (Fsp3) is 0.520. The first-order valence-corrected chi connectivity index (χ1v) is 12.4. The second-order valence-corrected chi connectivity index (χ2v) is 9.92. The van der Waals surface area contributed by atoms with Gasteiger partial charge in [-0.1, -0.05) is 20.3 Å². The summed E-state index contributed by atoms with van der Waals surface area (Å²) in [6.07, 6.45) is 3.65. The lowest BCUT2D eigenvalue weighted by Crippen LogP contribution is -2.48. The summed E-state index contributed by atoms with van der Waals surface area (Å²) in [5.41, 5.74) is 1.11. The molecule has 1 aromatic heterocycles. The Morgan fingerprint density at radius 3 is 2.69 bits per heavy atom. The van der Waals surface area contributed by atoms with Crippen molar-refractivity contribution < 1.29 is 18.7 Å². The molecule has 1 aliphatic heterocycles. The maximum absolute atomic E-state index is 13.5. The molecule has 4 rings (SSSR count). The number of amides is 2. The molecule has 172 valence electrons. The van der Waals surface area contributed by atoms with Gasteiger partial charge in [0, 0.05) is 23.9 Å². The van der Waals surface area contributed by atoms with Crippen molar-refractivity contribution in [2.45, 2.75) is 45.6 Å². The molecule has 1 fully saturated rings. The topological polar surface area (TPSA) is 49.9 Å².